The van der Waals surface area contributed by atoms with Crippen molar-refractivity contribution >= 4 is 23.2 Å². The maximum Gasteiger partial charge on any atom is 0.277 e. The van der Waals surface area contributed by atoms with Gasteiger partial charge in [-0.1, -0.05) is 37.3 Å². The second-order valence-electron chi connectivity index (χ2n) is 5.95. The van der Waals surface area contributed by atoms with Crippen molar-refractivity contribution in [1.29, 1.82) is 0 Å². The number of carbonyl (C=O) groups excluding carboxylic acids is 2. The number of hydrogen-bond donors (Lipinski definition) is 2. The summed E-state index contributed by atoms with van der Waals surface area (Å²) in [5.41, 5.74) is 2.48. The van der Waals surface area contributed by atoms with Gasteiger partial charge >= 0.3 is 0 Å². The molecular formula is C19H26N3O2S+. The Morgan fingerprint density at radius 1 is 1.24 bits per heavy atom. The lowest BCUT2D eigenvalue weighted by atomic mass is 10.0. The Hall–Kier alpha value is -2.18. The van der Waals surface area contributed by atoms with Gasteiger partial charge in [-0.05, 0) is 23.4 Å². The van der Waals surface area contributed by atoms with Crippen molar-refractivity contribution in [3.63, 3.8) is 0 Å². The number of benzene rings is 1. The average Bonchev–Trinajstić information content (AvgIpc) is 3.16. The maximum atomic E-state index is 12.3. The highest BCUT2D eigenvalue weighted by Crippen LogP contribution is 2.23. The van der Waals surface area contributed by atoms with Crippen LogP contribution in [-0.4, -0.2) is 43.9 Å². The van der Waals surface area contributed by atoms with E-state index in [0.717, 1.165) is 6.42 Å². The van der Waals surface area contributed by atoms with E-state index in [2.05, 4.69) is 48.0 Å². The fourth-order valence-corrected chi connectivity index (χ4v) is 3.45. The Balaban J connectivity index is 2.07. The van der Waals surface area contributed by atoms with Crippen LogP contribution in [0.15, 0.2) is 41.8 Å². The Kier molecular flexibility index (Phi) is 7.16. The summed E-state index contributed by atoms with van der Waals surface area (Å²) in [5.74, 6) is -0.226. The SMILES string of the molecule is CCc1ccc([C@H]([NH2+]CC(=O)N(C)CC(=O)NC)c2cccs2)cc1. The highest BCUT2D eigenvalue weighted by atomic mass is 32.1. The monoisotopic (exact) mass is 360 g/mol. The van der Waals surface area contributed by atoms with E-state index in [-0.39, 0.29) is 24.4 Å². The third-order valence-corrected chi connectivity index (χ3v) is 5.17. The van der Waals surface area contributed by atoms with Crippen molar-refractivity contribution < 1.29 is 14.9 Å². The van der Waals surface area contributed by atoms with Gasteiger partial charge in [0.25, 0.3) is 5.91 Å². The van der Waals surface area contributed by atoms with Crippen LogP contribution in [0.2, 0.25) is 0 Å². The number of rotatable bonds is 8. The van der Waals surface area contributed by atoms with Crippen LogP contribution >= 0.6 is 11.3 Å². The van der Waals surface area contributed by atoms with Crippen LogP contribution in [0.5, 0.6) is 0 Å². The van der Waals surface area contributed by atoms with E-state index in [9.17, 15) is 9.59 Å². The molecule has 1 heterocycles. The van der Waals surface area contributed by atoms with E-state index >= 15 is 0 Å². The lowest BCUT2D eigenvalue weighted by Gasteiger charge is -2.18. The fraction of sp³-hybridized carbons (Fsp3) is 0.368. The first kappa shape index (κ1) is 19.1. The minimum Gasteiger partial charge on any atom is -0.358 e. The van der Waals surface area contributed by atoms with Crippen molar-refractivity contribution in [2.24, 2.45) is 0 Å². The second-order valence-corrected chi connectivity index (χ2v) is 6.93. The number of nitrogens with one attached hydrogen (secondary N) is 1. The summed E-state index contributed by atoms with van der Waals surface area (Å²) < 4.78 is 0. The van der Waals surface area contributed by atoms with Crippen molar-refractivity contribution in [2.45, 2.75) is 19.4 Å². The molecule has 25 heavy (non-hydrogen) atoms. The van der Waals surface area contributed by atoms with E-state index in [1.807, 2.05) is 11.4 Å². The van der Waals surface area contributed by atoms with Gasteiger partial charge in [0.15, 0.2) is 6.54 Å². The Labute approximate surface area is 153 Å². The maximum absolute atomic E-state index is 12.3. The van der Waals surface area contributed by atoms with E-state index in [1.165, 1.54) is 20.9 Å². The molecular weight excluding hydrogens is 334 g/mol. The topological polar surface area (TPSA) is 66.0 Å². The van der Waals surface area contributed by atoms with Gasteiger partial charge in [0, 0.05) is 19.7 Å². The summed E-state index contributed by atoms with van der Waals surface area (Å²) in [6.45, 7) is 2.52. The van der Waals surface area contributed by atoms with Crippen LogP contribution in [0.25, 0.3) is 0 Å². The van der Waals surface area contributed by atoms with E-state index in [4.69, 9.17) is 0 Å². The molecule has 0 aliphatic carbocycles. The first-order valence-corrected chi connectivity index (χ1v) is 9.33. The van der Waals surface area contributed by atoms with Crippen LogP contribution in [0.1, 0.15) is 29.0 Å². The second kappa shape index (κ2) is 9.34. The van der Waals surface area contributed by atoms with Crippen molar-refractivity contribution in [2.75, 3.05) is 27.2 Å². The smallest absolute Gasteiger partial charge is 0.277 e. The first-order chi connectivity index (χ1) is 12.0. The minimum absolute atomic E-state index is 0.0599. The molecule has 0 aliphatic rings. The molecule has 0 saturated carbocycles. The summed E-state index contributed by atoms with van der Waals surface area (Å²) in [7, 11) is 3.22. The minimum atomic E-state index is -0.166. The van der Waals surface area contributed by atoms with Crippen molar-refractivity contribution in [3.8, 4) is 0 Å². The zero-order valence-electron chi connectivity index (χ0n) is 15.0. The van der Waals surface area contributed by atoms with Crippen LogP contribution < -0.4 is 10.6 Å². The zero-order valence-corrected chi connectivity index (χ0v) is 15.8. The molecule has 0 spiro atoms. The molecule has 0 saturated heterocycles. The summed E-state index contributed by atoms with van der Waals surface area (Å²) in [5, 5.41) is 6.62. The fourth-order valence-electron chi connectivity index (χ4n) is 2.60. The van der Waals surface area contributed by atoms with Crippen LogP contribution in [0.4, 0.5) is 0 Å². The Bertz CT molecular complexity index is 683. The average molecular weight is 361 g/mol. The summed E-state index contributed by atoms with van der Waals surface area (Å²) in [6, 6.07) is 12.8. The molecule has 0 fully saturated rings. The predicted molar refractivity (Wildman–Crippen MR) is 100 cm³/mol. The van der Waals surface area contributed by atoms with Gasteiger partial charge in [-0.15, -0.1) is 11.3 Å². The number of nitrogens with two attached hydrogens (primary N) is 1. The van der Waals surface area contributed by atoms with Crippen molar-refractivity contribution in [3.05, 3.63) is 57.8 Å². The highest BCUT2D eigenvalue weighted by Gasteiger charge is 2.21. The lowest BCUT2D eigenvalue weighted by Crippen LogP contribution is -2.87. The van der Waals surface area contributed by atoms with Gasteiger partial charge in [0.2, 0.25) is 5.91 Å². The number of nitrogens with zero attached hydrogens (tertiary/aromatic N) is 1. The molecule has 0 radical (unpaired) electrons. The standard InChI is InChI=1S/C19H25N3O2S/c1-4-14-7-9-15(10-8-14)19(16-6-5-11-25-16)21-12-18(24)22(3)13-17(23)20-2/h5-11,19,21H,4,12-13H2,1-3H3,(H,20,23)/p+1/t19-/m0/s1. The van der Waals surface area contributed by atoms with Crippen LogP contribution in [0.3, 0.4) is 0 Å². The molecule has 134 valence electrons. The van der Waals surface area contributed by atoms with E-state index in [1.54, 1.807) is 25.4 Å². The van der Waals surface area contributed by atoms with E-state index in [0.29, 0.717) is 6.54 Å². The lowest BCUT2D eigenvalue weighted by molar-refractivity contribution is -0.676. The molecule has 0 aliphatic heterocycles. The quantitative estimate of drug-likeness (QED) is 0.742. The molecule has 0 bridgehead atoms. The number of quaternary nitrogens is 1. The number of thiophene rings is 1. The molecule has 1 aromatic heterocycles. The molecule has 5 nitrogen and oxygen atoms in total. The number of carbonyl (C=O) groups is 2. The number of amides is 2. The first-order valence-electron chi connectivity index (χ1n) is 8.45. The van der Waals surface area contributed by atoms with Gasteiger partial charge in [-0.2, -0.15) is 0 Å². The molecule has 2 amide bonds. The third-order valence-electron chi connectivity index (χ3n) is 4.21. The summed E-state index contributed by atoms with van der Waals surface area (Å²) in [4.78, 5) is 26.4. The van der Waals surface area contributed by atoms with Gasteiger partial charge in [0.1, 0.15) is 6.04 Å². The number of likely N-dealkylation sites (N-methyl/N-ethyl adjacent to an activating group) is 2. The van der Waals surface area contributed by atoms with Gasteiger partial charge < -0.3 is 15.5 Å². The summed E-state index contributed by atoms with van der Waals surface area (Å²) in [6.07, 6.45) is 1.01. The number of aryl methyl sites for hydroxylation is 1. The third kappa shape index (κ3) is 5.41. The van der Waals surface area contributed by atoms with Crippen LogP contribution in [-0.2, 0) is 16.0 Å². The largest absolute Gasteiger partial charge is 0.358 e. The molecule has 0 unspecified atom stereocenters. The zero-order chi connectivity index (χ0) is 18.2. The Morgan fingerprint density at radius 2 is 1.96 bits per heavy atom. The predicted octanol–water partition coefficient (Wildman–Crippen LogP) is 1.17. The molecule has 2 aromatic rings. The molecule has 3 N–H and O–H groups in total. The van der Waals surface area contributed by atoms with Crippen LogP contribution in [0, 0.1) is 0 Å². The molecule has 6 heteroatoms. The highest BCUT2D eigenvalue weighted by molar-refractivity contribution is 7.10. The van der Waals surface area contributed by atoms with E-state index < -0.39 is 0 Å². The number of hydrogen-bond acceptors (Lipinski definition) is 3. The van der Waals surface area contributed by atoms with Gasteiger partial charge in [-0.25, -0.2) is 0 Å². The normalized spacial score (nSPS) is 11.8. The summed E-state index contributed by atoms with van der Waals surface area (Å²) >= 11 is 1.69. The Morgan fingerprint density at radius 3 is 2.52 bits per heavy atom. The van der Waals surface area contributed by atoms with Gasteiger partial charge in [0.05, 0.1) is 11.4 Å². The molecule has 2 rings (SSSR count). The van der Waals surface area contributed by atoms with Gasteiger partial charge in [-0.3, -0.25) is 9.59 Å². The molecule has 1 aromatic carbocycles. The van der Waals surface area contributed by atoms with Crippen molar-refractivity contribution in [1.82, 2.24) is 10.2 Å². The molecule has 1 atom stereocenters.